The van der Waals surface area contributed by atoms with Crippen LogP contribution >= 0.6 is 0 Å². The third-order valence-corrected chi connectivity index (χ3v) is 3.13. The Kier molecular flexibility index (Phi) is 4.24. The van der Waals surface area contributed by atoms with Crippen LogP contribution in [-0.2, 0) is 17.4 Å². The summed E-state index contributed by atoms with van der Waals surface area (Å²) in [7, 11) is 0. The first kappa shape index (κ1) is 14.1. The van der Waals surface area contributed by atoms with Gasteiger partial charge < -0.3 is 5.32 Å². The van der Waals surface area contributed by atoms with Crippen molar-refractivity contribution in [3.63, 3.8) is 0 Å². The van der Waals surface area contributed by atoms with E-state index in [1.165, 1.54) is 25.0 Å². The zero-order chi connectivity index (χ0) is 13.9. The first-order valence-corrected chi connectivity index (χ1v) is 6.33. The number of carbonyl (C=O) groups excluding carboxylic acids is 1. The predicted octanol–water partition coefficient (Wildman–Crippen LogP) is 2.82. The number of halogens is 3. The molecule has 1 aromatic rings. The molecule has 2 rings (SSSR count). The number of hydrogen-bond donors (Lipinski definition) is 1. The summed E-state index contributed by atoms with van der Waals surface area (Å²) in [5.41, 5.74) is -0.0678. The van der Waals surface area contributed by atoms with E-state index in [0.717, 1.165) is 18.7 Å². The Labute approximate surface area is 110 Å². The number of nitrogens with one attached hydrogen (secondary N) is 1. The second kappa shape index (κ2) is 5.74. The Morgan fingerprint density at radius 2 is 1.84 bits per heavy atom. The van der Waals surface area contributed by atoms with Gasteiger partial charge in [-0.2, -0.15) is 13.2 Å². The number of carbonyl (C=O) groups is 1. The quantitative estimate of drug-likeness (QED) is 0.862. The van der Waals surface area contributed by atoms with Crippen molar-refractivity contribution in [2.24, 2.45) is 5.92 Å². The van der Waals surface area contributed by atoms with Crippen molar-refractivity contribution < 1.29 is 18.0 Å². The lowest BCUT2D eigenvalue weighted by atomic mass is 10.1. The molecular formula is C14H16F3NO. The number of Topliss-reactive ketones (excluding diaryl/α,β-unsaturated/α-hetero) is 1. The van der Waals surface area contributed by atoms with E-state index in [0.29, 0.717) is 11.5 Å². The lowest BCUT2D eigenvalue weighted by Crippen LogP contribution is -2.26. The largest absolute Gasteiger partial charge is 0.416 e. The van der Waals surface area contributed by atoms with Gasteiger partial charge in [-0.25, -0.2) is 0 Å². The van der Waals surface area contributed by atoms with Crippen LogP contribution in [0.4, 0.5) is 13.2 Å². The highest BCUT2D eigenvalue weighted by atomic mass is 19.4. The number of ketones is 1. The average Bonchev–Trinajstić information content (AvgIpc) is 3.12. The molecule has 1 aromatic carbocycles. The smallest absolute Gasteiger partial charge is 0.310 e. The summed E-state index contributed by atoms with van der Waals surface area (Å²) in [6, 6.07) is 4.75. The third kappa shape index (κ3) is 4.67. The number of rotatable bonds is 6. The van der Waals surface area contributed by atoms with E-state index in [-0.39, 0.29) is 18.7 Å². The van der Waals surface area contributed by atoms with Crippen LogP contribution in [0.5, 0.6) is 0 Å². The molecule has 0 atom stereocenters. The van der Waals surface area contributed by atoms with Crippen LogP contribution in [0.3, 0.4) is 0 Å². The van der Waals surface area contributed by atoms with E-state index in [1.807, 2.05) is 0 Å². The van der Waals surface area contributed by atoms with Crippen molar-refractivity contribution in [1.29, 1.82) is 0 Å². The molecular weight excluding hydrogens is 255 g/mol. The van der Waals surface area contributed by atoms with E-state index < -0.39 is 11.7 Å². The standard InChI is InChI=1S/C14H16F3NO/c15-14(16,17)12-5-3-10(4-6-12)7-13(19)9-18-8-11-1-2-11/h3-6,11,18H,1-2,7-9H2. The molecule has 0 aliphatic heterocycles. The third-order valence-electron chi connectivity index (χ3n) is 3.13. The van der Waals surface area contributed by atoms with Gasteiger partial charge in [0.05, 0.1) is 12.1 Å². The van der Waals surface area contributed by atoms with Gasteiger partial charge >= 0.3 is 6.18 Å². The van der Waals surface area contributed by atoms with Gasteiger partial charge in [0, 0.05) is 6.42 Å². The van der Waals surface area contributed by atoms with Gasteiger partial charge in [0.2, 0.25) is 0 Å². The Hall–Kier alpha value is -1.36. The molecule has 0 amide bonds. The molecule has 19 heavy (non-hydrogen) atoms. The molecule has 1 N–H and O–H groups in total. The van der Waals surface area contributed by atoms with Crippen LogP contribution in [0.15, 0.2) is 24.3 Å². The van der Waals surface area contributed by atoms with Crippen LogP contribution in [0, 0.1) is 5.92 Å². The van der Waals surface area contributed by atoms with Gasteiger partial charge in [0.15, 0.2) is 5.78 Å². The predicted molar refractivity (Wildman–Crippen MR) is 65.7 cm³/mol. The fourth-order valence-corrected chi connectivity index (χ4v) is 1.84. The van der Waals surface area contributed by atoms with Crippen molar-refractivity contribution in [3.05, 3.63) is 35.4 Å². The van der Waals surface area contributed by atoms with E-state index in [9.17, 15) is 18.0 Å². The summed E-state index contributed by atoms with van der Waals surface area (Å²) >= 11 is 0. The maximum Gasteiger partial charge on any atom is 0.416 e. The Morgan fingerprint density at radius 1 is 1.21 bits per heavy atom. The first-order chi connectivity index (χ1) is 8.95. The van der Waals surface area contributed by atoms with Gasteiger partial charge in [0.25, 0.3) is 0 Å². The molecule has 2 nitrogen and oxygen atoms in total. The summed E-state index contributed by atoms with van der Waals surface area (Å²) in [4.78, 5) is 11.6. The zero-order valence-electron chi connectivity index (χ0n) is 10.5. The molecule has 0 heterocycles. The van der Waals surface area contributed by atoms with Crippen LogP contribution in [0.1, 0.15) is 24.0 Å². The molecule has 5 heteroatoms. The minimum atomic E-state index is -4.33. The van der Waals surface area contributed by atoms with E-state index in [1.54, 1.807) is 0 Å². The maximum atomic E-state index is 12.4. The normalized spacial score (nSPS) is 15.5. The molecule has 1 fully saturated rings. The van der Waals surface area contributed by atoms with E-state index in [2.05, 4.69) is 5.32 Å². The summed E-state index contributed by atoms with van der Waals surface area (Å²) in [5.74, 6) is 0.708. The second-order valence-corrected chi connectivity index (χ2v) is 4.98. The molecule has 1 saturated carbocycles. The highest BCUT2D eigenvalue weighted by molar-refractivity contribution is 5.82. The molecule has 1 aliphatic rings. The zero-order valence-corrected chi connectivity index (χ0v) is 10.5. The molecule has 0 radical (unpaired) electrons. The van der Waals surface area contributed by atoms with Crippen LogP contribution in [0.2, 0.25) is 0 Å². The number of benzene rings is 1. The fourth-order valence-electron chi connectivity index (χ4n) is 1.84. The van der Waals surface area contributed by atoms with Gasteiger partial charge in [-0.3, -0.25) is 4.79 Å². The molecule has 0 saturated heterocycles. The van der Waals surface area contributed by atoms with Crippen LogP contribution in [0.25, 0.3) is 0 Å². The Morgan fingerprint density at radius 3 is 2.37 bits per heavy atom. The van der Waals surface area contributed by atoms with Gasteiger partial charge in [-0.1, -0.05) is 12.1 Å². The number of hydrogen-bond acceptors (Lipinski definition) is 2. The molecule has 1 aliphatic carbocycles. The van der Waals surface area contributed by atoms with Crippen molar-refractivity contribution >= 4 is 5.78 Å². The maximum absolute atomic E-state index is 12.4. The highest BCUT2D eigenvalue weighted by Crippen LogP contribution is 2.29. The minimum Gasteiger partial charge on any atom is -0.310 e. The monoisotopic (exact) mass is 271 g/mol. The van der Waals surface area contributed by atoms with E-state index in [4.69, 9.17) is 0 Å². The lowest BCUT2D eigenvalue weighted by molar-refractivity contribution is -0.137. The molecule has 0 aromatic heterocycles. The second-order valence-electron chi connectivity index (χ2n) is 4.98. The SMILES string of the molecule is O=C(CNCC1CC1)Cc1ccc(C(F)(F)F)cc1. The fraction of sp³-hybridized carbons (Fsp3) is 0.500. The first-order valence-electron chi connectivity index (χ1n) is 6.33. The Balaban J connectivity index is 1.79. The Bertz CT molecular complexity index is 435. The van der Waals surface area contributed by atoms with Crippen LogP contribution in [-0.4, -0.2) is 18.9 Å². The average molecular weight is 271 g/mol. The summed E-state index contributed by atoms with van der Waals surface area (Å²) in [5, 5.41) is 3.07. The number of alkyl halides is 3. The summed E-state index contributed by atoms with van der Waals surface area (Å²) in [6.07, 6.45) is -1.70. The van der Waals surface area contributed by atoms with Gasteiger partial charge in [-0.05, 0) is 43.0 Å². The van der Waals surface area contributed by atoms with Gasteiger partial charge in [-0.15, -0.1) is 0 Å². The highest BCUT2D eigenvalue weighted by Gasteiger charge is 2.29. The molecule has 0 unspecified atom stereocenters. The van der Waals surface area contributed by atoms with Crippen LogP contribution < -0.4 is 5.32 Å². The van der Waals surface area contributed by atoms with Crippen molar-refractivity contribution in [3.8, 4) is 0 Å². The summed E-state index contributed by atoms with van der Waals surface area (Å²) < 4.78 is 37.1. The molecule has 0 bridgehead atoms. The lowest BCUT2D eigenvalue weighted by Gasteiger charge is -2.07. The van der Waals surface area contributed by atoms with Crippen molar-refractivity contribution in [2.45, 2.75) is 25.4 Å². The van der Waals surface area contributed by atoms with Crippen molar-refractivity contribution in [1.82, 2.24) is 5.32 Å². The van der Waals surface area contributed by atoms with E-state index >= 15 is 0 Å². The molecule has 0 spiro atoms. The van der Waals surface area contributed by atoms with Gasteiger partial charge in [0.1, 0.15) is 0 Å². The summed E-state index contributed by atoms with van der Waals surface area (Å²) in [6.45, 7) is 1.15. The van der Waals surface area contributed by atoms with Crippen molar-refractivity contribution in [2.75, 3.05) is 13.1 Å². The minimum absolute atomic E-state index is 0.000378. The molecule has 104 valence electrons. The topological polar surface area (TPSA) is 29.1 Å².